The molecule has 5 rings (SSSR count). The first kappa shape index (κ1) is 27.1. The van der Waals surface area contributed by atoms with Crippen LogP contribution in [0, 0.1) is 16.7 Å². The number of pyridine rings is 1. The van der Waals surface area contributed by atoms with Gasteiger partial charge in [0.2, 0.25) is 11.0 Å². The minimum absolute atomic E-state index is 0.0248. The number of allylic oxidation sites excluding steroid dienone is 3. The Labute approximate surface area is 242 Å². The van der Waals surface area contributed by atoms with Crippen molar-refractivity contribution in [2.75, 3.05) is 16.0 Å². The molecule has 3 heterocycles. The second kappa shape index (κ2) is 10.9. The number of nitrogens with zero attached hydrogens (tertiary/aromatic N) is 5. The van der Waals surface area contributed by atoms with E-state index in [9.17, 15) is 14.9 Å². The number of hydrogen-bond donors (Lipinski definition) is 2. The van der Waals surface area contributed by atoms with Crippen LogP contribution in [-0.4, -0.2) is 32.6 Å². The maximum atomic E-state index is 13.6. The monoisotopic (exact) mass is 621 g/mol. The van der Waals surface area contributed by atoms with Gasteiger partial charge in [-0.3, -0.25) is 19.5 Å². The first-order valence-electron chi connectivity index (χ1n) is 12.1. The third kappa shape index (κ3) is 5.48. The number of halogens is 1. The molecule has 3 aromatic rings. The normalized spacial score (nSPS) is 18.6. The Bertz CT molecular complexity index is 1560. The maximum absolute atomic E-state index is 13.6. The second-order valence-electron chi connectivity index (χ2n) is 9.93. The highest BCUT2D eigenvalue weighted by Crippen LogP contribution is 2.50. The highest BCUT2D eigenvalue weighted by molar-refractivity contribution is 9.10. The summed E-state index contributed by atoms with van der Waals surface area (Å²) in [6.07, 6.45) is 4.25. The summed E-state index contributed by atoms with van der Waals surface area (Å²) >= 11 is 5.93. The lowest BCUT2D eigenvalue weighted by Crippen LogP contribution is -2.42. The van der Waals surface area contributed by atoms with Crippen molar-refractivity contribution in [3.63, 3.8) is 0 Å². The quantitative estimate of drug-likeness (QED) is 0.348. The molecule has 1 unspecified atom stereocenters. The van der Waals surface area contributed by atoms with E-state index in [0.29, 0.717) is 33.6 Å². The molecular weight excluding hydrogens is 598 g/mol. The van der Waals surface area contributed by atoms with Gasteiger partial charge in [0.15, 0.2) is 10.1 Å². The highest BCUT2D eigenvalue weighted by atomic mass is 79.9. The smallest absolute Gasteiger partial charge is 0.234 e. The van der Waals surface area contributed by atoms with Crippen LogP contribution in [0.1, 0.15) is 38.2 Å². The van der Waals surface area contributed by atoms with Gasteiger partial charge in [0, 0.05) is 34.6 Å². The van der Waals surface area contributed by atoms with Crippen LogP contribution in [0.5, 0.6) is 0 Å². The number of aromatic nitrogens is 3. The van der Waals surface area contributed by atoms with Crippen LogP contribution >= 0.6 is 39.0 Å². The minimum Gasteiger partial charge on any atom is -0.384 e. The van der Waals surface area contributed by atoms with Gasteiger partial charge in [0.05, 0.1) is 29.0 Å². The number of carbonyl (C=O) groups is 2. The fourth-order valence-electron chi connectivity index (χ4n) is 4.83. The number of amides is 1. The zero-order valence-corrected chi connectivity index (χ0v) is 24.4. The average molecular weight is 623 g/mol. The zero-order valence-electron chi connectivity index (χ0n) is 21.1. The van der Waals surface area contributed by atoms with Gasteiger partial charge in [-0.15, -0.1) is 10.2 Å². The molecule has 1 atom stereocenters. The van der Waals surface area contributed by atoms with Crippen LogP contribution in [0.2, 0.25) is 0 Å². The van der Waals surface area contributed by atoms with Gasteiger partial charge in [0.1, 0.15) is 5.82 Å². The van der Waals surface area contributed by atoms with Gasteiger partial charge in [0.25, 0.3) is 0 Å². The summed E-state index contributed by atoms with van der Waals surface area (Å²) in [5.41, 5.74) is 9.31. The summed E-state index contributed by atoms with van der Waals surface area (Å²) in [4.78, 5) is 32.0. The third-order valence-corrected chi connectivity index (χ3v) is 9.19. The molecule has 0 spiro atoms. The molecule has 0 radical (unpaired) electrons. The predicted molar refractivity (Wildman–Crippen MR) is 155 cm³/mol. The topological polar surface area (TPSA) is 138 Å². The molecule has 9 nitrogen and oxygen atoms in total. The molecule has 39 heavy (non-hydrogen) atoms. The van der Waals surface area contributed by atoms with E-state index in [-0.39, 0.29) is 34.3 Å². The Morgan fingerprint density at radius 1 is 1.28 bits per heavy atom. The molecule has 12 heteroatoms. The molecular formula is C27H24BrN7O2S2. The lowest BCUT2D eigenvalue weighted by Gasteiger charge is -2.42. The van der Waals surface area contributed by atoms with Crippen molar-refractivity contribution in [3.05, 3.63) is 81.5 Å². The van der Waals surface area contributed by atoms with E-state index in [1.165, 1.54) is 23.1 Å². The Hall–Kier alpha value is -3.53. The molecule has 0 saturated carbocycles. The molecule has 1 aliphatic carbocycles. The third-order valence-electron chi connectivity index (χ3n) is 6.46. The number of benzene rings is 1. The van der Waals surface area contributed by atoms with Crippen LogP contribution in [0.3, 0.4) is 0 Å². The van der Waals surface area contributed by atoms with E-state index >= 15 is 0 Å². The number of anilines is 2. The summed E-state index contributed by atoms with van der Waals surface area (Å²) in [5.74, 6) is -0.455. The van der Waals surface area contributed by atoms with Crippen LogP contribution in [0.25, 0.3) is 0 Å². The minimum atomic E-state index is -0.596. The fourth-order valence-corrected chi connectivity index (χ4v) is 6.90. The van der Waals surface area contributed by atoms with Crippen molar-refractivity contribution in [2.45, 2.75) is 36.9 Å². The number of para-hydroxylation sites is 1. The zero-order chi connectivity index (χ0) is 27.7. The van der Waals surface area contributed by atoms with Crippen molar-refractivity contribution in [1.82, 2.24) is 15.2 Å². The number of rotatable bonds is 6. The first-order chi connectivity index (χ1) is 18.7. The van der Waals surface area contributed by atoms with Crippen molar-refractivity contribution in [1.29, 1.82) is 5.26 Å². The molecule has 1 aromatic carbocycles. The lowest BCUT2D eigenvalue weighted by atomic mass is 9.69. The second-order valence-corrected chi connectivity index (χ2v) is 13.0. The molecule has 0 fully saturated rings. The van der Waals surface area contributed by atoms with E-state index in [2.05, 4.69) is 42.5 Å². The largest absolute Gasteiger partial charge is 0.384 e. The number of carbonyl (C=O) groups excluding carboxylic acids is 2. The number of thioether (sulfide) groups is 1. The van der Waals surface area contributed by atoms with E-state index in [4.69, 9.17) is 5.73 Å². The lowest BCUT2D eigenvalue weighted by molar-refractivity contribution is -0.118. The Balaban J connectivity index is 1.46. The van der Waals surface area contributed by atoms with Crippen molar-refractivity contribution in [3.8, 4) is 6.07 Å². The van der Waals surface area contributed by atoms with Crippen LogP contribution in [0.15, 0.2) is 80.3 Å². The standard InChI is InChI=1S/C27H24BrN7O2S2/c1-27(2)10-19-23(20(36)11-27)22(15-6-5-9-31-13-15)16(12-29)24(30)35(19)25-33-34-26(39-25)38-14-21(37)32-18-8-4-3-7-17(18)28/h3-9,13,22H,10-11,14,30H2,1-2H3,(H,32,37). The van der Waals surface area contributed by atoms with Crippen molar-refractivity contribution >= 4 is 61.5 Å². The molecule has 1 aliphatic heterocycles. The van der Waals surface area contributed by atoms with E-state index < -0.39 is 5.92 Å². The Kier molecular flexibility index (Phi) is 7.57. The highest BCUT2D eigenvalue weighted by Gasteiger charge is 2.45. The maximum Gasteiger partial charge on any atom is 0.234 e. The van der Waals surface area contributed by atoms with Gasteiger partial charge in [-0.1, -0.05) is 55.1 Å². The number of hydrogen-bond acceptors (Lipinski definition) is 10. The molecule has 0 saturated heterocycles. The Morgan fingerprint density at radius 3 is 2.79 bits per heavy atom. The summed E-state index contributed by atoms with van der Waals surface area (Å²) in [5, 5.41) is 22.1. The van der Waals surface area contributed by atoms with Gasteiger partial charge < -0.3 is 11.1 Å². The molecule has 0 bridgehead atoms. The number of nitriles is 1. The Morgan fingerprint density at radius 2 is 2.08 bits per heavy atom. The number of nitrogens with one attached hydrogen (secondary N) is 1. The van der Waals surface area contributed by atoms with Crippen molar-refractivity contribution < 1.29 is 9.59 Å². The number of nitrogens with two attached hydrogens (primary N) is 1. The number of Topliss-reactive ketones (excluding diaryl/α,β-unsaturated/α-hetero) is 1. The van der Waals surface area contributed by atoms with Crippen molar-refractivity contribution in [2.24, 2.45) is 11.1 Å². The number of ketones is 1. The summed E-state index contributed by atoms with van der Waals surface area (Å²) in [6.45, 7) is 4.08. The van der Waals surface area contributed by atoms with E-state index in [0.717, 1.165) is 15.7 Å². The first-order valence-corrected chi connectivity index (χ1v) is 14.6. The summed E-state index contributed by atoms with van der Waals surface area (Å²) in [7, 11) is 0. The van der Waals surface area contributed by atoms with Gasteiger partial charge in [-0.25, -0.2) is 0 Å². The summed E-state index contributed by atoms with van der Waals surface area (Å²) < 4.78 is 1.36. The van der Waals surface area contributed by atoms with E-state index in [1.807, 2.05) is 44.2 Å². The molecule has 1 amide bonds. The predicted octanol–water partition coefficient (Wildman–Crippen LogP) is 5.37. The van der Waals surface area contributed by atoms with E-state index in [1.54, 1.807) is 23.4 Å². The van der Waals surface area contributed by atoms with Gasteiger partial charge in [-0.05, 0) is 51.5 Å². The molecule has 198 valence electrons. The average Bonchev–Trinajstić information content (AvgIpc) is 3.36. The van der Waals surface area contributed by atoms with Crippen LogP contribution < -0.4 is 16.0 Å². The fraction of sp³-hybridized carbons (Fsp3) is 0.259. The van der Waals surface area contributed by atoms with Crippen LogP contribution in [0.4, 0.5) is 10.8 Å². The van der Waals surface area contributed by atoms with Gasteiger partial charge in [-0.2, -0.15) is 5.26 Å². The molecule has 2 aromatic heterocycles. The SMILES string of the molecule is CC1(C)CC(=O)C2=C(C1)N(c1nnc(SCC(=O)Nc3ccccc3Br)s1)C(N)=C(C#N)C2c1cccnc1. The molecule has 2 aliphatic rings. The van der Waals surface area contributed by atoms with Crippen LogP contribution in [-0.2, 0) is 9.59 Å². The van der Waals surface area contributed by atoms with Gasteiger partial charge >= 0.3 is 0 Å². The molecule has 3 N–H and O–H groups in total. The summed E-state index contributed by atoms with van der Waals surface area (Å²) in [6, 6.07) is 13.3.